The average Bonchev–Trinajstić information content (AvgIpc) is 2.43. The first-order valence-electron chi connectivity index (χ1n) is 6.68. The van der Waals surface area contributed by atoms with Crippen LogP contribution in [0.1, 0.15) is 27.2 Å². The van der Waals surface area contributed by atoms with Gasteiger partial charge in [0.05, 0.1) is 5.41 Å². The number of aromatic nitrogens is 1. The molecule has 0 unspecified atom stereocenters. The molecule has 118 valence electrons. The predicted octanol–water partition coefficient (Wildman–Crippen LogP) is 0.693. The summed E-state index contributed by atoms with van der Waals surface area (Å²) in [6.45, 7) is 5.88. The first-order valence-corrected chi connectivity index (χ1v) is 8.17. The number of hydrogen-bond donors (Lipinski definition) is 3. The Balaban J connectivity index is 2.77. The minimum absolute atomic E-state index is 0.0461. The molecule has 0 saturated heterocycles. The fraction of sp³-hybridized carbons (Fsp3) is 0.538. The number of carbonyl (C=O) groups is 1. The average molecular weight is 314 g/mol. The lowest BCUT2D eigenvalue weighted by Gasteiger charge is -2.20. The highest BCUT2D eigenvalue weighted by Gasteiger charge is 2.27. The van der Waals surface area contributed by atoms with Crippen molar-refractivity contribution in [1.82, 2.24) is 9.71 Å². The van der Waals surface area contributed by atoms with Crippen molar-refractivity contribution >= 4 is 21.7 Å². The first kappa shape index (κ1) is 17.4. The Labute approximate surface area is 125 Å². The van der Waals surface area contributed by atoms with Crippen LogP contribution in [-0.4, -0.2) is 32.4 Å². The third-order valence-corrected chi connectivity index (χ3v) is 4.36. The van der Waals surface area contributed by atoms with Gasteiger partial charge in [0, 0.05) is 19.3 Å². The summed E-state index contributed by atoms with van der Waals surface area (Å²) in [5.74, 6) is 0.0516. The van der Waals surface area contributed by atoms with Crippen LogP contribution in [0.4, 0.5) is 5.82 Å². The number of nitrogens with one attached hydrogen (secondary N) is 2. The van der Waals surface area contributed by atoms with Crippen molar-refractivity contribution in [2.24, 2.45) is 11.1 Å². The molecule has 0 bridgehead atoms. The van der Waals surface area contributed by atoms with E-state index < -0.39 is 21.3 Å². The summed E-state index contributed by atoms with van der Waals surface area (Å²) < 4.78 is 26.6. The molecule has 21 heavy (non-hydrogen) atoms. The third kappa shape index (κ3) is 4.98. The molecule has 0 aliphatic carbocycles. The molecule has 1 heterocycles. The smallest absolute Gasteiger partial charge is 0.242 e. The van der Waals surface area contributed by atoms with Gasteiger partial charge in [-0.1, -0.05) is 6.92 Å². The second-order valence-corrected chi connectivity index (χ2v) is 7.15. The van der Waals surface area contributed by atoms with Crippen LogP contribution >= 0.6 is 0 Å². The molecule has 0 atom stereocenters. The largest absolute Gasteiger partial charge is 0.370 e. The number of nitrogens with two attached hydrogens (primary N) is 1. The molecule has 1 amide bonds. The Bertz CT molecular complexity index is 582. The van der Waals surface area contributed by atoms with Crippen molar-refractivity contribution in [2.75, 3.05) is 18.4 Å². The molecule has 1 aromatic heterocycles. The van der Waals surface area contributed by atoms with E-state index in [2.05, 4.69) is 15.0 Å². The normalized spacial score (nSPS) is 12.1. The number of anilines is 1. The van der Waals surface area contributed by atoms with Crippen LogP contribution in [0.2, 0.25) is 0 Å². The van der Waals surface area contributed by atoms with Crippen LogP contribution in [0.15, 0.2) is 23.2 Å². The van der Waals surface area contributed by atoms with Gasteiger partial charge in [0.25, 0.3) is 0 Å². The van der Waals surface area contributed by atoms with Crippen LogP contribution in [0.3, 0.4) is 0 Å². The monoisotopic (exact) mass is 314 g/mol. The number of hydrogen-bond acceptors (Lipinski definition) is 5. The topological polar surface area (TPSA) is 114 Å². The van der Waals surface area contributed by atoms with E-state index in [1.165, 1.54) is 12.3 Å². The molecule has 0 aliphatic heterocycles. The number of pyridine rings is 1. The zero-order chi connectivity index (χ0) is 16.1. The highest BCUT2D eigenvalue weighted by Crippen LogP contribution is 2.15. The van der Waals surface area contributed by atoms with Crippen LogP contribution in [0.25, 0.3) is 0 Å². The highest BCUT2D eigenvalue weighted by molar-refractivity contribution is 7.89. The van der Waals surface area contributed by atoms with Gasteiger partial charge in [-0.3, -0.25) is 4.79 Å². The molecule has 0 saturated carbocycles. The van der Waals surface area contributed by atoms with Crippen molar-refractivity contribution in [1.29, 1.82) is 0 Å². The molecule has 0 radical (unpaired) electrons. The lowest BCUT2D eigenvalue weighted by molar-refractivity contribution is -0.125. The van der Waals surface area contributed by atoms with Crippen molar-refractivity contribution in [2.45, 2.75) is 32.1 Å². The molecule has 0 aromatic carbocycles. The fourth-order valence-electron chi connectivity index (χ4n) is 1.34. The summed E-state index contributed by atoms with van der Waals surface area (Å²) in [7, 11) is -3.71. The Morgan fingerprint density at radius 2 is 2.05 bits per heavy atom. The lowest BCUT2D eigenvalue weighted by atomic mass is 9.93. The molecule has 7 nitrogen and oxygen atoms in total. The maximum Gasteiger partial charge on any atom is 0.242 e. The number of sulfonamides is 1. The Hall–Kier alpha value is -1.67. The lowest BCUT2D eigenvalue weighted by Crippen LogP contribution is -2.42. The van der Waals surface area contributed by atoms with Crippen LogP contribution in [-0.2, 0) is 14.8 Å². The summed E-state index contributed by atoms with van der Waals surface area (Å²) in [6.07, 6.45) is 2.23. The van der Waals surface area contributed by atoms with E-state index in [0.29, 0.717) is 5.82 Å². The van der Waals surface area contributed by atoms with Gasteiger partial charge < -0.3 is 11.1 Å². The molecular formula is C13H22N4O3S. The van der Waals surface area contributed by atoms with Gasteiger partial charge in [-0.25, -0.2) is 18.1 Å². The SMILES string of the molecule is CCCNc1ccc(S(=O)(=O)NCC(C)(C)C(N)=O)cn1. The molecule has 1 aromatic rings. The Morgan fingerprint density at radius 1 is 1.38 bits per heavy atom. The standard InChI is InChI=1S/C13H22N4O3S/c1-4-7-15-11-6-5-10(8-16-11)21(19,20)17-9-13(2,3)12(14)18/h5-6,8,17H,4,7,9H2,1-3H3,(H2,14,18)(H,15,16). The van der Waals surface area contributed by atoms with E-state index in [9.17, 15) is 13.2 Å². The van der Waals surface area contributed by atoms with E-state index in [1.54, 1.807) is 19.9 Å². The summed E-state index contributed by atoms with van der Waals surface area (Å²) >= 11 is 0. The highest BCUT2D eigenvalue weighted by atomic mass is 32.2. The van der Waals surface area contributed by atoms with Crippen LogP contribution in [0, 0.1) is 5.41 Å². The van der Waals surface area contributed by atoms with Gasteiger partial charge in [0.2, 0.25) is 15.9 Å². The van der Waals surface area contributed by atoms with E-state index >= 15 is 0 Å². The van der Waals surface area contributed by atoms with Crippen LogP contribution in [0.5, 0.6) is 0 Å². The maximum absolute atomic E-state index is 12.1. The summed E-state index contributed by atoms with van der Waals surface area (Å²) in [6, 6.07) is 3.06. The van der Waals surface area contributed by atoms with Crippen molar-refractivity contribution in [3.05, 3.63) is 18.3 Å². The van der Waals surface area contributed by atoms with E-state index in [1.807, 2.05) is 6.92 Å². The quantitative estimate of drug-likeness (QED) is 0.653. The molecule has 0 spiro atoms. The number of nitrogens with zero attached hydrogens (tertiary/aromatic N) is 1. The van der Waals surface area contributed by atoms with Gasteiger partial charge in [-0.2, -0.15) is 0 Å². The molecule has 0 fully saturated rings. The molecule has 1 rings (SSSR count). The van der Waals surface area contributed by atoms with E-state index in [0.717, 1.165) is 13.0 Å². The van der Waals surface area contributed by atoms with Gasteiger partial charge in [0.15, 0.2) is 0 Å². The maximum atomic E-state index is 12.1. The van der Waals surface area contributed by atoms with Crippen molar-refractivity contribution in [3.8, 4) is 0 Å². The van der Waals surface area contributed by atoms with Crippen molar-refractivity contribution in [3.63, 3.8) is 0 Å². The van der Waals surface area contributed by atoms with Crippen LogP contribution < -0.4 is 15.8 Å². The zero-order valence-electron chi connectivity index (χ0n) is 12.5. The minimum Gasteiger partial charge on any atom is -0.370 e. The van der Waals surface area contributed by atoms with Gasteiger partial charge in [-0.15, -0.1) is 0 Å². The Morgan fingerprint density at radius 3 is 2.52 bits per heavy atom. The Kier molecular flexibility index (Phi) is 5.68. The second-order valence-electron chi connectivity index (χ2n) is 5.38. The summed E-state index contributed by atoms with van der Waals surface area (Å²) in [4.78, 5) is 15.3. The zero-order valence-corrected chi connectivity index (χ0v) is 13.3. The number of primary amides is 1. The molecule has 0 aliphatic rings. The molecular weight excluding hydrogens is 292 g/mol. The molecule has 8 heteroatoms. The van der Waals surface area contributed by atoms with Crippen molar-refractivity contribution < 1.29 is 13.2 Å². The van der Waals surface area contributed by atoms with Gasteiger partial charge in [0.1, 0.15) is 10.7 Å². The first-order chi connectivity index (χ1) is 9.69. The fourth-order valence-corrected chi connectivity index (χ4v) is 2.50. The predicted molar refractivity (Wildman–Crippen MR) is 81.2 cm³/mol. The summed E-state index contributed by atoms with van der Waals surface area (Å²) in [5, 5.41) is 3.06. The van der Waals surface area contributed by atoms with Gasteiger partial charge >= 0.3 is 0 Å². The van der Waals surface area contributed by atoms with E-state index in [-0.39, 0.29) is 11.4 Å². The number of rotatable bonds is 8. The van der Waals surface area contributed by atoms with E-state index in [4.69, 9.17) is 5.73 Å². The number of amides is 1. The second kappa shape index (κ2) is 6.86. The number of carbonyl (C=O) groups excluding carboxylic acids is 1. The van der Waals surface area contributed by atoms with Gasteiger partial charge in [-0.05, 0) is 32.4 Å². The molecule has 4 N–H and O–H groups in total. The summed E-state index contributed by atoms with van der Waals surface area (Å²) in [5.41, 5.74) is 4.26. The minimum atomic E-state index is -3.71. The third-order valence-electron chi connectivity index (χ3n) is 2.97.